The number of alkyl halides is 18. The Kier molecular flexibility index (Phi) is 51.9. The van der Waals surface area contributed by atoms with E-state index in [0.29, 0.717) is 107 Å². The zero-order chi connectivity index (χ0) is 108. The van der Waals surface area contributed by atoms with E-state index in [1.54, 1.807) is 85.7 Å². The Morgan fingerprint density at radius 3 is 0.890 bits per heavy atom. The van der Waals surface area contributed by atoms with Gasteiger partial charge < -0.3 is 45.6 Å². The van der Waals surface area contributed by atoms with Crippen LogP contribution in [0.2, 0.25) is 0 Å². The quantitative estimate of drug-likeness (QED) is 0.00804. The molecule has 0 saturated heterocycles. The third-order valence-corrected chi connectivity index (χ3v) is 22.8. The van der Waals surface area contributed by atoms with E-state index in [4.69, 9.17) is 45.6 Å². The minimum absolute atomic E-state index is 0. The molecule has 0 radical (unpaired) electrons. The van der Waals surface area contributed by atoms with Gasteiger partial charge in [-0.3, -0.25) is 24.7 Å². The van der Waals surface area contributed by atoms with E-state index >= 15 is 0 Å². The summed E-state index contributed by atoms with van der Waals surface area (Å²) >= 11 is 21.9. The average molecular weight is 2510 g/mol. The van der Waals surface area contributed by atoms with Crippen molar-refractivity contribution in [3.8, 4) is 0 Å². The fraction of sp³-hybridized carbons (Fsp3) is 0.242. The zero-order valence-electron chi connectivity index (χ0n) is 78.2. The number of benzene rings is 6. The number of rotatable bonds is 16. The molecular formula is C99H88BBr7F18N11NaO9. The number of anilines is 1. The summed E-state index contributed by atoms with van der Waals surface area (Å²) in [6.07, 6.45) is -9.31. The number of hydrogen-bond donors (Lipinski definition) is 4. The normalized spacial score (nSPS) is 13.8. The molecule has 146 heavy (non-hydrogen) atoms. The Bertz CT molecular complexity index is 6130. The van der Waals surface area contributed by atoms with Crippen LogP contribution < -0.4 is 46.0 Å². The van der Waals surface area contributed by atoms with E-state index in [1.165, 1.54) is 66.7 Å². The van der Waals surface area contributed by atoms with Crippen molar-refractivity contribution in [2.24, 2.45) is 20.6 Å². The largest absolute Gasteiger partial charge is 1.00 e. The summed E-state index contributed by atoms with van der Waals surface area (Å²) in [6, 6.07) is 42.0. The minimum atomic E-state index is -4.45. The molecular weight excluding hydrogens is 2420 g/mol. The number of halogens is 25. The van der Waals surface area contributed by atoms with E-state index in [2.05, 4.69) is 180 Å². The van der Waals surface area contributed by atoms with Crippen LogP contribution in [0.3, 0.4) is 0 Å². The van der Waals surface area contributed by atoms with Gasteiger partial charge in [-0.05, 0) is 359 Å². The van der Waals surface area contributed by atoms with Gasteiger partial charge in [-0.2, -0.15) is 79.0 Å². The fourth-order valence-electron chi connectivity index (χ4n) is 12.8. The Morgan fingerprint density at radius 2 is 0.658 bits per heavy atom. The van der Waals surface area contributed by atoms with Crippen LogP contribution in [-0.4, -0.2) is 76.1 Å². The van der Waals surface area contributed by atoms with Crippen molar-refractivity contribution >= 4 is 160 Å². The average Bonchev–Trinajstić information content (AvgIpc) is 1.63. The SMILES string of the molecule is C=CC.C=Cc1cc(Cc2cccc(C(F)(F)F)c2)c(C)cn1.Cc1cnc(Br)cc1Cc1cccc(C(F)(F)F)c1.Cc1cnc(Br)cc1N.Cc1cnc(C2CC(Br)=NO2)cc1Cc1cccc(C(F)(F)F)c1.Cc1cnc([C@@H]2CC(Br)=NO2)cc1Cc1cccc(C(F)(F)F)c1.Cc1cnc([C@H]2CC(Br)=NO2)cc1Cc1cccc(C(F)(F)F)c1.O=CO[O-].OB(O)c1cccc(C(F)(F)F)c1.ON=C(Br)Br.[Na+]. The number of nitrogen functional groups attached to an aromatic ring is 1. The van der Waals surface area contributed by atoms with Gasteiger partial charge in [-0.15, -0.1) is 6.58 Å². The van der Waals surface area contributed by atoms with Crippen LogP contribution in [0.1, 0.15) is 190 Å². The summed E-state index contributed by atoms with van der Waals surface area (Å²) in [5.41, 5.74) is 18.5. The molecule has 6 aromatic heterocycles. The minimum Gasteiger partial charge on any atom is -0.662 e. The first-order valence-electron chi connectivity index (χ1n) is 42.2. The van der Waals surface area contributed by atoms with Crippen molar-refractivity contribution in [1.82, 2.24) is 29.9 Å². The monoisotopic (exact) mass is 2500 g/mol. The van der Waals surface area contributed by atoms with E-state index in [9.17, 15) is 79.0 Å². The number of oxime groups is 4. The predicted octanol–water partition coefficient (Wildman–Crippen LogP) is 25.2. The molecule has 12 aromatic rings. The maximum absolute atomic E-state index is 12.8. The van der Waals surface area contributed by atoms with Gasteiger partial charge in [0, 0.05) is 62.1 Å². The Balaban J connectivity index is 0.000000298. The number of nitrogens with zero attached hydrogens (tertiary/aromatic N) is 10. The molecule has 3 aliphatic heterocycles. The number of hydrogen-bond acceptors (Lipinski definition) is 20. The summed E-state index contributed by atoms with van der Waals surface area (Å²) in [7, 11) is -1.87. The van der Waals surface area contributed by atoms with Gasteiger partial charge in [0.25, 0.3) is 6.47 Å². The molecule has 0 amide bonds. The number of aromatic nitrogens is 6. The molecule has 6 aromatic carbocycles. The molecule has 5 N–H and O–H groups in total. The molecule has 47 heteroatoms. The third-order valence-electron chi connectivity index (χ3n) is 20.2. The summed E-state index contributed by atoms with van der Waals surface area (Å²) in [5.74, 6) is 0. The van der Waals surface area contributed by atoms with Crippen molar-refractivity contribution < 1.29 is 153 Å². The van der Waals surface area contributed by atoms with E-state index < -0.39 is 77.6 Å². The third kappa shape index (κ3) is 44.0. The van der Waals surface area contributed by atoms with Gasteiger partial charge in [0.05, 0.1) is 56.2 Å². The smallest absolute Gasteiger partial charge is 0.662 e. The molecule has 15 rings (SSSR count). The fourth-order valence-corrected chi connectivity index (χ4v) is 14.6. The topological polar surface area (TPSA) is 291 Å². The van der Waals surface area contributed by atoms with E-state index in [-0.39, 0.29) is 59.8 Å². The number of nitrogens with two attached hydrogens (primary N) is 1. The van der Waals surface area contributed by atoms with Crippen molar-refractivity contribution in [2.45, 2.75) is 155 Å². The van der Waals surface area contributed by atoms with Crippen LogP contribution in [0.5, 0.6) is 0 Å². The molecule has 20 nitrogen and oxygen atoms in total. The second kappa shape index (κ2) is 59.9. The maximum Gasteiger partial charge on any atom is 1.00 e. The van der Waals surface area contributed by atoms with Gasteiger partial charge in [0.1, 0.15) is 23.1 Å². The van der Waals surface area contributed by atoms with Crippen molar-refractivity contribution in [1.29, 1.82) is 0 Å². The first-order chi connectivity index (χ1) is 67.9. The molecule has 0 bridgehead atoms. The van der Waals surface area contributed by atoms with Crippen LogP contribution in [-0.2, 0) is 93.4 Å². The van der Waals surface area contributed by atoms with Crippen molar-refractivity contribution in [2.75, 3.05) is 5.73 Å². The molecule has 9 heterocycles. The maximum atomic E-state index is 12.8. The number of allylic oxidation sites excluding steroid dienone is 1. The Morgan fingerprint density at radius 1 is 0.418 bits per heavy atom. The summed E-state index contributed by atoms with van der Waals surface area (Å²) in [6.45, 7) is 20.1. The summed E-state index contributed by atoms with van der Waals surface area (Å²) in [5, 5.41) is 47.4. The first-order valence-corrected chi connectivity index (χ1v) is 47.7. The second-order valence-electron chi connectivity index (χ2n) is 31.3. The first kappa shape index (κ1) is 126. The number of aryl methyl sites for hydroxylation is 6. The zero-order valence-corrected chi connectivity index (χ0v) is 91.3. The van der Waals surface area contributed by atoms with Crippen LogP contribution >= 0.6 is 112 Å². The van der Waals surface area contributed by atoms with Crippen molar-refractivity contribution in [3.05, 3.63) is 393 Å². The summed E-state index contributed by atoms with van der Waals surface area (Å²) in [4.78, 5) is 52.4. The Labute approximate surface area is 909 Å². The van der Waals surface area contributed by atoms with Gasteiger partial charge in [0.2, 0.25) is 0 Å². The number of carbonyl (C=O) groups is 1. The van der Waals surface area contributed by atoms with Crippen LogP contribution in [0, 0.1) is 41.5 Å². The molecule has 0 fully saturated rings. The van der Waals surface area contributed by atoms with Gasteiger partial charge >= 0.3 is 73.7 Å². The summed E-state index contributed by atoms with van der Waals surface area (Å²) < 4.78 is 232. The van der Waals surface area contributed by atoms with Crippen LogP contribution in [0.4, 0.5) is 84.7 Å². The second-order valence-corrected chi connectivity index (χ2v) is 38.2. The number of carbonyl (C=O) groups excluding carboxylic acids is 1. The molecule has 0 spiro atoms. The predicted molar refractivity (Wildman–Crippen MR) is 541 cm³/mol. The molecule has 772 valence electrons. The van der Waals surface area contributed by atoms with Gasteiger partial charge in [0.15, 0.2) is 21.8 Å². The van der Waals surface area contributed by atoms with E-state index in [0.717, 1.165) is 137 Å². The molecule has 3 atom stereocenters. The number of pyridine rings is 6. The van der Waals surface area contributed by atoms with Gasteiger partial charge in [-0.25, -0.2) is 9.97 Å². The molecule has 1 unspecified atom stereocenters. The molecule has 3 aliphatic rings. The van der Waals surface area contributed by atoms with Gasteiger partial charge in [-0.1, -0.05) is 149 Å². The Hall–Kier alpha value is -10.1. The van der Waals surface area contributed by atoms with Crippen LogP contribution in [0.15, 0.2) is 268 Å². The van der Waals surface area contributed by atoms with Crippen LogP contribution in [0.25, 0.3) is 6.08 Å². The molecule has 0 saturated carbocycles. The molecule has 0 aliphatic carbocycles. The van der Waals surface area contributed by atoms with Crippen molar-refractivity contribution in [3.63, 3.8) is 0 Å². The standard InChI is InChI=1S/3C17H14BrF3N2O.C16H14F3N.C14H11BrF3N.C7H6BF3O2.C6H7BrN2.C3H6.CHBr2NO.CH2O3.Na/c3*1-10-9-22-14(15-8-16(18)23-24-15)7-12(10)5-11-3-2-4-13(6-11)17(19,20)21;1-3-15-9-13(11(2)10-20-15)7-12-5-4-6-14(8-12)16(17,18)19;1-9-8-19-13(15)7-11(9)5-10-3-2-4-12(6-10)14(16,17)18;9-7(10,11)5-2-1-3-6(4-5)8(12)13;1-4-3-9-6(7)2-5(4)8;1-3-2;2-1(3)4-5;2-1-4-3;/h3*2-4,6-7,9,15H,5,8H2,1H3;3-6,8-10H,1,7H2,2H3;2-4,6-8H,5H2,1H3;1-4,12-13H;2-3H,1H3,(H2,8,9);3H,1H2,2H3;5H;1,3H;/q;;;;;;;;;;+1/p-1/t2*15-;;;;;;;;;/m10........./s1. The van der Waals surface area contributed by atoms with E-state index in [1.807, 2.05) is 78.8 Å².